The Morgan fingerprint density at radius 3 is 2.30 bits per heavy atom. The van der Waals surface area contributed by atoms with E-state index < -0.39 is 0 Å². The number of rotatable bonds is 7. The second-order valence-electron chi connectivity index (χ2n) is 6.74. The number of amides is 1. The third kappa shape index (κ3) is 5.41. The van der Waals surface area contributed by atoms with Gasteiger partial charge in [0.15, 0.2) is 0 Å². The van der Waals surface area contributed by atoms with E-state index in [9.17, 15) is 4.79 Å². The lowest BCUT2D eigenvalue weighted by Crippen LogP contribution is -2.50. The second kappa shape index (κ2) is 7.99. The van der Waals surface area contributed by atoms with Crippen molar-refractivity contribution < 1.29 is 4.79 Å². The number of carbonyl (C=O) groups excluding carboxylic acids is 1. The van der Waals surface area contributed by atoms with Crippen molar-refractivity contribution in [2.24, 2.45) is 5.41 Å². The van der Waals surface area contributed by atoms with Gasteiger partial charge in [0, 0.05) is 12.6 Å². The van der Waals surface area contributed by atoms with Gasteiger partial charge in [0.1, 0.15) is 0 Å². The number of hydrogen-bond acceptors (Lipinski definition) is 3. The summed E-state index contributed by atoms with van der Waals surface area (Å²) in [5, 5.41) is 6.54. The minimum atomic E-state index is -0.105. The molecular weight excluding hydrogens is 250 g/mol. The highest BCUT2D eigenvalue weighted by molar-refractivity contribution is 5.81. The van der Waals surface area contributed by atoms with Crippen LogP contribution < -0.4 is 10.6 Å². The molecule has 1 aliphatic heterocycles. The van der Waals surface area contributed by atoms with Crippen LogP contribution in [0.25, 0.3) is 0 Å². The van der Waals surface area contributed by atoms with Gasteiger partial charge in [-0.1, -0.05) is 20.8 Å². The molecule has 1 unspecified atom stereocenters. The highest BCUT2D eigenvalue weighted by Gasteiger charge is 2.29. The average molecular weight is 283 g/mol. The van der Waals surface area contributed by atoms with Crippen LogP contribution >= 0.6 is 0 Å². The van der Waals surface area contributed by atoms with Gasteiger partial charge in [-0.2, -0.15) is 0 Å². The number of likely N-dealkylation sites (tertiary alicyclic amines) is 1. The lowest BCUT2D eigenvalue weighted by Gasteiger charge is -2.38. The van der Waals surface area contributed by atoms with Gasteiger partial charge in [-0.3, -0.25) is 4.79 Å². The molecule has 0 saturated carbocycles. The molecule has 0 aromatic carbocycles. The molecule has 0 spiro atoms. The van der Waals surface area contributed by atoms with E-state index >= 15 is 0 Å². The Morgan fingerprint density at radius 2 is 1.80 bits per heavy atom. The van der Waals surface area contributed by atoms with Gasteiger partial charge in [-0.25, -0.2) is 0 Å². The van der Waals surface area contributed by atoms with Crippen LogP contribution in [0.3, 0.4) is 0 Å². The first kappa shape index (κ1) is 17.4. The van der Waals surface area contributed by atoms with E-state index in [1.54, 1.807) is 0 Å². The summed E-state index contributed by atoms with van der Waals surface area (Å²) in [5.41, 5.74) is 0.329. The van der Waals surface area contributed by atoms with Gasteiger partial charge in [0.25, 0.3) is 0 Å². The Labute approximate surface area is 124 Å². The van der Waals surface area contributed by atoms with Crippen LogP contribution in [-0.4, -0.2) is 49.6 Å². The molecule has 4 nitrogen and oxygen atoms in total. The van der Waals surface area contributed by atoms with Crippen molar-refractivity contribution in [3.8, 4) is 0 Å². The summed E-state index contributed by atoms with van der Waals surface area (Å²) in [7, 11) is 2.18. The van der Waals surface area contributed by atoms with Crippen molar-refractivity contribution in [3.05, 3.63) is 0 Å². The van der Waals surface area contributed by atoms with Gasteiger partial charge in [-0.15, -0.1) is 0 Å². The molecule has 0 aliphatic carbocycles. The maximum atomic E-state index is 12.1. The van der Waals surface area contributed by atoms with Crippen LogP contribution in [0.1, 0.15) is 53.4 Å². The number of piperidine rings is 1. The quantitative estimate of drug-likeness (QED) is 0.751. The summed E-state index contributed by atoms with van der Waals surface area (Å²) in [6, 6.07) is 0.206. The Balaban J connectivity index is 2.35. The molecule has 4 heteroatoms. The van der Waals surface area contributed by atoms with E-state index in [4.69, 9.17) is 0 Å². The lowest BCUT2D eigenvalue weighted by atomic mass is 9.80. The van der Waals surface area contributed by atoms with Gasteiger partial charge in [-0.05, 0) is 58.2 Å². The highest BCUT2D eigenvalue weighted by Crippen LogP contribution is 2.29. The maximum Gasteiger partial charge on any atom is 0.237 e. The van der Waals surface area contributed by atoms with Crippen LogP contribution in [-0.2, 0) is 4.79 Å². The fraction of sp³-hybridized carbons (Fsp3) is 0.938. The third-order valence-electron chi connectivity index (χ3n) is 4.75. The minimum absolute atomic E-state index is 0.105. The first-order valence-electron chi connectivity index (χ1n) is 8.12. The molecule has 1 amide bonds. The van der Waals surface area contributed by atoms with Crippen molar-refractivity contribution >= 4 is 5.91 Å². The van der Waals surface area contributed by atoms with Crippen LogP contribution in [0.4, 0.5) is 0 Å². The Morgan fingerprint density at radius 1 is 1.25 bits per heavy atom. The summed E-state index contributed by atoms with van der Waals surface area (Å²) in [5.74, 6) is 0.134. The number of nitrogens with one attached hydrogen (secondary N) is 2. The Kier molecular flexibility index (Phi) is 6.96. The average Bonchev–Trinajstić information content (AvgIpc) is 2.45. The molecule has 1 rings (SSSR count). The molecule has 1 heterocycles. The van der Waals surface area contributed by atoms with Crippen molar-refractivity contribution in [1.29, 1.82) is 0 Å². The third-order valence-corrected chi connectivity index (χ3v) is 4.75. The monoisotopic (exact) mass is 283 g/mol. The normalized spacial score (nSPS) is 20.9. The molecule has 20 heavy (non-hydrogen) atoms. The summed E-state index contributed by atoms with van der Waals surface area (Å²) >= 11 is 0. The molecule has 0 radical (unpaired) electrons. The highest BCUT2D eigenvalue weighted by atomic mass is 16.2. The summed E-state index contributed by atoms with van der Waals surface area (Å²) in [6.07, 6.45) is 4.41. The SMILES string of the molecule is CCC(CC)NC(=O)C(C)NCC1(C)CCN(C)CC1. The van der Waals surface area contributed by atoms with Gasteiger partial charge >= 0.3 is 0 Å². The molecule has 2 N–H and O–H groups in total. The fourth-order valence-electron chi connectivity index (χ4n) is 2.65. The molecule has 118 valence electrons. The number of nitrogens with zero attached hydrogens (tertiary/aromatic N) is 1. The molecule has 0 bridgehead atoms. The van der Waals surface area contributed by atoms with E-state index in [1.807, 2.05) is 6.92 Å². The zero-order valence-corrected chi connectivity index (χ0v) is 14.0. The summed E-state index contributed by atoms with van der Waals surface area (Å²) in [6.45, 7) is 11.8. The predicted molar refractivity (Wildman–Crippen MR) is 84.8 cm³/mol. The van der Waals surface area contributed by atoms with Gasteiger partial charge in [0.05, 0.1) is 6.04 Å². The van der Waals surface area contributed by atoms with Crippen molar-refractivity contribution in [1.82, 2.24) is 15.5 Å². The van der Waals surface area contributed by atoms with Crippen LogP contribution in [0.15, 0.2) is 0 Å². The van der Waals surface area contributed by atoms with E-state index in [0.717, 1.165) is 32.5 Å². The van der Waals surface area contributed by atoms with Crippen LogP contribution in [0.2, 0.25) is 0 Å². The second-order valence-corrected chi connectivity index (χ2v) is 6.74. The van der Waals surface area contributed by atoms with Crippen LogP contribution in [0.5, 0.6) is 0 Å². The molecule has 1 saturated heterocycles. The predicted octanol–water partition coefficient (Wildman–Crippen LogP) is 2.00. The maximum absolute atomic E-state index is 12.1. The Bertz CT molecular complexity index is 294. The first-order valence-corrected chi connectivity index (χ1v) is 8.12. The van der Waals surface area contributed by atoms with Crippen molar-refractivity contribution in [2.45, 2.75) is 65.5 Å². The lowest BCUT2D eigenvalue weighted by molar-refractivity contribution is -0.123. The van der Waals surface area contributed by atoms with Crippen molar-refractivity contribution in [2.75, 3.05) is 26.7 Å². The molecular formula is C16H33N3O. The minimum Gasteiger partial charge on any atom is -0.352 e. The molecule has 1 fully saturated rings. The van der Waals surface area contributed by atoms with E-state index in [0.29, 0.717) is 11.5 Å². The molecule has 0 aromatic rings. The van der Waals surface area contributed by atoms with Gasteiger partial charge < -0.3 is 15.5 Å². The fourth-order valence-corrected chi connectivity index (χ4v) is 2.65. The van der Waals surface area contributed by atoms with E-state index in [-0.39, 0.29) is 11.9 Å². The smallest absolute Gasteiger partial charge is 0.237 e. The number of carbonyl (C=O) groups is 1. The van der Waals surface area contributed by atoms with E-state index in [2.05, 4.69) is 43.4 Å². The molecule has 1 aliphatic rings. The topological polar surface area (TPSA) is 44.4 Å². The van der Waals surface area contributed by atoms with Crippen LogP contribution in [0, 0.1) is 5.41 Å². The zero-order chi connectivity index (χ0) is 15.2. The molecule has 0 aromatic heterocycles. The van der Waals surface area contributed by atoms with Crippen molar-refractivity contribution in [3.63, 3.8) is 0 Å². The standard InChI is InChI=1S/C16H33N3O/c1-6-14(7-2)18-15(20)13(3)17-12-16(4)8-10-19(5)11-9-16/h13-14,17H,6-12H2,1-5H3,(H,18,20). The molecule has 1 atom stereocenters. The summed E-state index contributed by atoms with van der Waals surface area (Å²) < 4.78 is 0. The Hall–Kier alpha value is -0.610. The number of hydrogen-bond donors (Lipinski definition) is 2. The first-order chi connectivity index (χ1) is 9.40. The van der Waals surface area contributed by atoms with E-state index in [1.165, 1.54) is 12.8 Å². The largest absolute Gasteiger partial charge is 0.352 e. The van der Waals surface area contributed by atoms with Gasteiger partial charge in [0.2, 0.25) is 5.91 Å². The zero-order valence-electron chi connectivity index (χ0n) is 14.0. The summed E-state index contributed by atoms with van der Waals surface area (Å²) in [4.78, 5) is 14.5.